The molecular formula is C10H16N2O2. The van der Waals surface area contributed by atoms with Gasteiger partial charge in [0.15, 0.2) is 0 Å². The summed E-state index contributed by atoms with van der Waals surface area (Å²) in [5.41, 5.74) is 0.164. The van der Waals surface area contributed by atoms with E-state index in [2.05, 4.69) is 6.58 Å². The van der Waals surface area contributed by atoms with Crippen molar-refractivity contribution in [2.45, 2.75) is 26.3 Å². The summed E-state index contributed by atoms with van der Waals surface area (Å²) in [6, 6.07) is 2.26. The number of carboxylic acids is 1. The van der Waals surface area contributed by atoms with E-state index in [-0.39, 0.29) is 11.6 Å². The summed E-state index contributed by atoms with van der Waals surface area (Å²) in [7, 11) is 0. The molecule has 0 bridgehead atoms. The summed E-state index contributed by atoms with van der Waals surface area (Å²) < 4.78 is 0. The van der Waals surface area contributed by atoms with Crippen LogP contribution < -0.4 is 0 Å². The van der Waals surface area contributed by atoms with Crippen LogP contribution in [0.15, 0.2) is 12.2 Å². The van der Waals surface area contributed by atoms with Gasteiger partial charge in [0.25, 0.3) is 0 Å². The van der Waals surface area contributed by atoms with Crippen LogP contribution in [0.1, 0.15) is 20.3 Å². The van der Waals surface area contributed by atoms with Crippen molar-refractivity contribution < 1.29 is 9.90 Å². The molecule has 1 N–H and O–H groups in total. The van der Waals surface area contributed by atoms with Crippen LogP contribution in [-0.4, -0.2) is 35.1 Å². The molecule has 0 aromatic carbocycles. The van der Waals surface area contributed by atoms with E-state index in [0.29, 0.717) is 19.5 Å². The Morgan fingerprint density at radius 2 is 2.21 bits per heavy atom. The molecule has 0 spiro atoms. The highest BCUT2D eigenvalue weighted by Gasteiger charge is 2.13. The molecule has 0 saturated heterocycles. The van der Waals surface area contributed by atoms with Crippen molar-refractivity contribution in [3.8, 4) is 6.07 Å². The molecule has 0 radical (unpaired) electrons. The van der Waals surface area contributed by atoms with E-state index < -0.39 is 5.97 Å². The zero-order valence-corrected chi connectivity index (χ0v) is 8.66. The largest absolute Gasteiger partial charge is 0.478 e. The predicted molar refractivity (Wildman–Crippen MR) is 53.7 cm³/mol. The third-order valence-corrected chi connectivity index (χ3v) is 1.94. The van der Waals surface area contributed by atoms with Crippen molar-refractivity contribution in [1.29, 1.82) is 5.26 Å². The third-order valence-electron chi connectivity index (χ3n) is 1.94. The van der Waals surface area contributed by atoms with Gasteiger partial charge in [-0.2, -0.15) is 5.26 Å². The van der Waals surface area contributed by atoms with Crippen molar-refractivity contribution in [3.63, 3.8) is 0 Å². The topological polar surface area (TPSA) is 64.3 Å². The molecule has 0 amide bonds. The van der Waals surface area contributed by atoms with Gasteiger partial charge in [0.2, 0.25) is 0 Å². The van der Waals surface area contributed by atoms with Gasteiger partial charge in [-0.3, -0.25) is 4.90 Å². The molecule has 4 nitrogen and oxygen atoms in total. The van der Waals surface area contributed by atoms with Crippen LogP contribution in [0.3, 0.4) is 0 Å². The number of hydrogen-bond acceptors (Lipinski definition) is 3. The van der Waals surface area contributed by atoms with Gasteiger partial charge < -0.3 is 5.11 Å². The third kappa shape index (κ3) is 4.63. The van der Waals surface area contributed by atoms with Crippen molar-refractivity contribution in [1.82, 2.24) is 4.90 Å². The fourth-order valence-corrected chi connectivity index (χ4v) is 1.03. The maximum absolute atomic E-state index is 10.5. The van der Waals surface area contributed by atoms with Gasteiger partial charge in [0, 0.05) is 31.1 Å². The number of nitrogens with zero attached hydrogens (tertiary/aromatic N) is 2. The van der Waals surface area contributed by atoms with E-state index >= 15 is 0 Å². The Kier molecular flexibility index (Phi) is 5.58. The molecule has 0 heterocycles. The monoisotopic (exact) mass is 196 g/mol. The number of hydrogen-bond donors (Lipinski definition) is 1. The van der Waals surface area contributed by atoms with Crippen LogP contribution in [0.5, 0.6) is 0 Å². The molecule has 0 atom stereocenters. The first kappa shape index (κ1) is 12.7. The Bertz CT molecular complexity index is 253. The van der Waals surface area contributed by atoms with E-state index in [9.17, 15) is 4.79 Å². The summed E-state index contributed by atoms with van der Waals surface area (Å²) >= 11 is 0. The molecular weight excluding hydrogens is 180 g/mol. The quantitative estimate of drug-likeness (QED) is 0.649. The lowest BCUT2D eigenvalue weighted by Gasteiger charge is -2.25. The smallest absolute Gasteiger partial charge is 0.332 e. The lowest BCUT2D eigenvalue weighted by molar-refractivity contribution is -0.132. The highest BCUT2D eigenvalue weighted by Crippen LogP contribution is 2.03. The first-order valence-electron chi connectivity index (χ1n) is 4.51. The Morgan fingerprint density at radius 3 is 2.57 bits per heavy atom. The summed E-state index contributed by atoms with van der Waals surface area (Å²) in [5, 5.41) is 17.1. The number of aliphatic carboxylic acids is 1. The van der Waals surface area contributed by atoms with Gasteiger partial charge in [-0.1, -0.05) is 6.58 Å². The Balaban J connectivity index is 4.17. The van der Waals surface area contributed by atoms with Crippen molar-refractivity contribution >= 4 is 5.97 Å². The summed E-state index contributed by atoms with van der Waals surface area (Å²) in [5.74, 6) is -0.979. The number of rotatable bonds is 6. The molecule has 0 unspecified atom stereocenters. The highest BCUT2D eigenvalue weighted by molar-refractivity contribution is 5.86. The molecule has 0 saturated carbocycles. The maximum Gasteiger partial charge on any atom is 0.332 e. The van der Waals surface area contributed by atoms with Gasteiger partial charge in [-0.25, -0.2) is 4.79 Å². The van der Waals surface area contributed by atoms with Gasteiger partial charge in [0.05, 0.1) is 6.07 Å². The minimum absolute atomic E-state index is 0.164. The average Bonchev–Trinajstić information content (AvgIpc) is 2.10. The molecule has 0 aliphatic carbocycles. The molecule has 4 heteroatoms. The van der Waals surface area contributed by atoms with E-state index in [1.165, 1.54) is 0 Å². The van der Waals surface area contributed by atoms with Crippen LogP contribution in [0, 0.1) is 11.3 Å². The van der Waals surface area contributed by atoms with Gasteiger partial charge in [-0.15, -0.1) is 0 Å². The Hall–Kier alpha value is -1.34. The van der Waals surface area contributed by atoms with Crippen molar-refractivity contribution in [2.75, 3.05) is 13.1 Å². The van der Waals surface area contributed by atoms with Crippen molar-refractivity contribution in [2.24, 2.45) is 0 Å². The van der Waals surface area contributed by atoms with Crippen LogP contribution in [0.2, 0.25) is 0 Å². The predicted octanol–water partition coefficient (Wildman–Crippen LogP) is 1.25. The van der Waals surface area contributed by atoms with E-state index in [1.54, 1.807) is 0 Å². The molecule has 14 heavy (non-hydrogen) atoms. The minimum Gasteiger partial charge on any atom is -0.478 e. The normalized spacial score (nSPS) is 10.2. The molecule has 0 aromatic heterocycles. The van der Waals surface area contributed by atoms with E-state index in [1.807, 2.05) is 24.8 Å². The van der Waals surface area contributed by atoms with Crippen molar-refractivity contribution in [3.05, 3.63) is 12.2 Å². The van der Waals surface area contributed by atoms with Crippen LogP contribution in [-0.2, 0) is 4.79 Å². The van der Waals surface area contributed by atoms with Gasteiger partial charge in [0.1, 0.15) is 0 Å². The standard InChI is InChI=1S/C10H16N2O2/c1-8(2)12(6-4-5-11)7-9(3)10(13)14/h8H,3-4,6-7H2,1-2H3,(H,13,14). The fraction of sp³-hybridized carbons (Fsp3) is 0.600. The fourth-order valence-electron chi connectivity index (χ4n) is 1.03. The van der Waals surface area contributed by atoms with Crippen LogP contribution in [0.25, 0.3) is 0 Å². The second-order valence-electron chi connectivity index (χ2n) is 3.38. The molecule has 78 valence electrons. The van der Waals surface area contributed by atoms with Crippen LogP contribution >= 0.6 is 0 Å². The molecule has 0 fully saturated rings. The molecule has 0 aliphatic rings. The lowest BCUT2D eigenvalue weighted by atomic mass is 10.2. The van der Waals surface area contributed by atoms with Crippen LogP contribution in [0.4, 0.5) is 0 Å². The van der Waals surface area contributed by atoms with E-state index in [4.69, 9.17) is 10.4 Å². The number of nitriles is 1. The van der Waals surface area contributed by atoms with Gasteiger partial charge >= 0.3 is 5.97 Å². The Labute approximate surface area is 84.4 Å². The zero-order chi connectivity index (χ0) is 11.1. The minimum atomic E-state index is -0.979. The lowest BCUT2D eigenvalue weighted by Crippen LogP contribution is -2.34. The number of carboxylic acid groups (broad SMARTS) is 1. The highest BCUT2D eigenvalue weighted by atomic mass is 16.4. The zero-order valence-electron chi connectivity index (χ0n) is 8.66. The molecule has 0 aliphatic heterocycles. The van der Waals surface area contributed by atoms with Gasteiger partial charge in [-0.05, 0) is 13.8 Å². The molecule has 0 rings (SSSR count). The second kappa shape index (κ2) is 6.17. The summed E-state index contributed by atoms with van der Waals surface area (Å²) in [6.07, 6.45) is 0.408. The second-order valence-corrected chi connectivity index (χ2v) is 3.38. The number of carbonyl (C=O) groups is 1. The summed E-state index contributed by atoms with van der Waals surface area (Å²) in [4.78, 5) is 12.5. The summed E-state index contributed by atoms with van der Waals surface area (Å²) in [6.45, 7) is 8.29. The first-order valence-corrected chi connectivity index (χ1v) is 4.51. The Morgan fingerprint density at radius 1 is 1.64 bits per heavy atom. The first-order chi connectivity index (χ1) is 6.49. The molecule has 0 aromatic rings. The van der Waals surface area contributed by atoms with E-state index in [0.717, 1.165) is 0 Å². The maximum atomic E-state index is 10.5. The SMILES string of the molecule is C=C(CN(CCC#N)C(C)C)C(=O)O. The average molecular weight is 196 g/mol.